The molecule has 17 heavy (non-hydrogen) atoms. The van der Waals surface area contributed by atoms with Gasteiger partial charge in [0.05, 0.1) is 26.2 Å². The summed E-state index contributed by atoms with van der Waals surface area (Å²) in [6.07, 6.45) is 2.45. The van der Waals surface area contributed by atoms with Gasteiger partial charge in [-0.3, -0.25) is 9.69 Å². The van der Waals surface area contributed by atoms with E-state index in [0.29, 0.717) is 18.7 Å². The van der Waals surface area contributed by atoms with Gasteiger partial charge in [0.25, 0.3) is 0 Å². The second-order valence-corrected chi connectivity index (χ2v) is 5.09. The third kappa shape index (κ3) is 4.28. The molecule has 100 valence electrons. The Balaban J connectivity index is 2.24. The Labute approximate surface area is 104 Å². The molecule has 1 unspecified atom stereocenters. The molecule has 0 radical (unpaired) electrons. The summed E-state index contributed by atoms with van der Waals surface area (Å²) in [6, 6.07) is 1.09. The number of ether oxygens (including phenoxy) is 2. The Morgan fingerprint density at radius 3 is 2.71 bits per heavy atom. The standard InChI is InChI=1S/C13H25NO3/c1-10(2)14-7-5-6-12(14)9-17-8-11(3)13(15)16-4/h10-12H,5-9H2,1-4H3/t11?,12-/m0/s1. The lowest BCUT2D eigenvalue weighted by atomic mass is 10.2. The molecule has 0 spiro atoms. The number of hydrogen-bond acceptors (Lipinski definition) is 4. The first kappa shape index (κ1) is 14.5. The summed E-state index contributed by atoms with van der Waals surface area (Å²) in [5, 5.41) is 0. The monoisotopic (exact) mass is 243 g/mol. The maximum atomic E-state index is 11.2. The number of methoxy groups -OCH3 is 1. The topological polar surface area (TPSA) is 38.8 Å². The van der Waals surface area contributed by atoms with Crippen molar-refractivity contribution >= 4 is 5.97 Å². The fraction of sp³-hybridized carbons (Fsp3) is 0.923. The molecule has 0 aromatic heterocycles. The third-order valence-corrected chi connectivity index (χ3v) is 3.37. The van der Waals surface area contributed by atoms with Crippen LogP contribution in [0.3, 0.4) is 0 Å². The zero-order valence-electron chi connectivity index (χ0n) is 11.4. The van der Waals surface area contributed by atoms with Gasteiger partial charge in [-0.1, -0.05) is 0 Å². The lowest BCUT2D eigenvalue weighted by Crippen LogP contribution is -2.38. The van der Waals surface area contributed by atoms with Gasteiger partial charge in [0.15, 0.2) is 0 Å². The molecule has 1 rings (SSSR count). The molecule has 0 aliphatic carbocycles. The van der Waals surface area contributed by atoms with Crippen LogP contribution >= 0.6 is 0 Å². The molecule has 1 heterocycles. The van der Waals surface area contributed by atoms with Gasteiger partial charge < -0.3 is 9.47 Å². The minimum Gasteiger partial charge on any atom is -0.469 e. The Morgan fingerprint density at radius 2 is 2.12 bits per heavy atom. The van der Waals surface area contributed by atoms with Crippen molar-refractivity contribution in [2.75, 3.05) is 26.9 Å². The van der Waals surface area contributed by atoms with E-state index in [-0.39, 0.29) is 11.9 Å². The summed E-state index contributed by atoms with van der Waals surface area (Å²) in [5.41, 5.74) is 0. The molecule has 2 atom stereocenters. The van der Waals surface area contributed by atoms with E-state index in [1.807, 2.05) is 6.92 Å². The highest BCUT2D eigenvalue weighted by molar-refractivity contribution is 5.71. The predicted molar refractivity (Wildman–Crippen MR) is 66.9 cm³/mol. The van der Waals surface area contributed by atoms with Gasteiger partial charge in [-0.15, -0.1) is 0 Å². The minimum absolute atomic E-state index is 0.172. The molecule has 0 amide bonds. The zero-order chi connectivity index (χ0) is 12.8. The Morgan fingerprint density at radius 1 is 1.41 bits per heavy atom. The van der Waals surface area contributed by atoms with Gasteiger partial charge in [0, 0.05) is 12.1 Å². The molecule has 4 nitrogen and oxygen atoms in total. The van der Waals surface area contributed by atoms with Gasteiger partial charge in [-0.2, -0.15) is 0 Å². The van der Waals surface area contributed by atoms with Crippen LogP contribution in [0.1, 0.15) is 33.6 Å². The van der Waals surface area contributed by atoms with Crippen molar-refractivity contribution in [2.24, 2.45) is 5.92 Å². The fourth-order valence-corrected chi connectivity index (χ4v) is 2.37. The van der Waals surface area contributed by atoms with Crippen LogP contribution in [-0.4, -0.2) is 49.8 Å². The Bertz CT molecular complexity index is 243. The first-order valence-corrected chi connectivity index (χ1v) is 6.47. The predicted octanol–water partition coefficient (Wildman–Crippen LogP) is 1.68. The molecule has 0 saturated carbocycles. The molecule has 1 fully saturated rings. The van der Waals surface area contributed by atoms with E-state index in [4.69, 9.17) is 4.74 Å². The number of rotatable bonds is 6. The normalized spacial score (nSPS) is 23.0. The van der Waals surface area contributed by atoms with Crippen molar-refractivity contribution in [1.29, 1.82) is 0 Å². The highest BCUT2D eigenvalue weighted by Gasteiger charge is 2.26. The van der Waals surface area contributed by atoms with Crippen molar-refractivity contribution in [3.05, 3.63) is 0 Å². The van der Waals surface area contributed by atoms with Crippen LogP contribution in [0.5, 0.6) is 0 Å². The number of carbonyl (C=O) groups excluding carboxylic acids is 1. The van der Waals surface area contributed by atoms with Crippen molar-refractivity contribution in [3.8, 4) is 0 Å². The van der Waals surface area contributed by atoms with Crippen molar-refractivity contribution in [1.82, 2.24) is 4.90 Å². The number of esters is 1. The fourth-order valence-electron chi connectivity index (χ4n) is 2.37. The van der Waals surface area contributed by atoms with Gasteiger partial charge in [0.1, 0.15) is 0 Å². The molecule has 0 bridgehead atoms. The van der Waals surface area contributed by atoms with Crippen LogP contribution < -0.4 is 0 Å². The lowest BCUT2D eigenvalue weighted by molar-refractivity contribution is -0.147. The van der Waals surface area contributed by atoms with Crippen LogP contribution in [0.4, 0.5) is 0 Å². The number of nitrogens with zero attached hydrogens (tertiary/aromatic N) is 1. The molecular formula is C13H25NO3. The van der Waals surface area contributed by atoms with Gasteiger partial charge in [0.2, 0.25) is 0 Å². The molecule has 0 aromatic carbocycles. The SMILES string of the molecule is COC(=O)C(C)COC[C@@H]1CCCN1C(C)C. The summed E-state index contributed by atoms with van der Waals surface area (Å²) in [5.74, 6) is -0.369. The summed E-state index contributed by atoms with van der Waals surface area (Å²) in [6.45, 7) is 8.61. The average molecular weight is 243 g/mol. The number of likely N-dealkylation sites (tertiary alicyclic amines) is 1. The molecule has 0 aromatic rings. The van der Waals surface area contributed by atoms with E-state index in [0.717, 1.165) is 13.2 Å². The van der Waals surface area contributed by atoms with Crippen LogP contribution in [0.15, 0.2) is 0 Å². The highest BCUT2D eigenvalue weighted by atomic mass is 16.5. The van der Waals surface area contributed by atoms with E-state index in [2.05, 4.69) is 23.5 Å². The first-order chi connectivity index (χ1) is 8.06. The minimum atomic E-state index is -0.197. The number of carbonyl (C=O) groups is 1. The van der Waals surface area contributed by atoms with E-state index >= 15 is 0 Å². The summed E-state index contributed by atoms with van der Waals surface area (Å²) >= 11 is 0. The second kappa shape index (κ2) is 6.97. The van der Waals surface area contributed by atoms with E-state index in [1.165, 1.54) is 20.0 Å². The van der Waals surface area contributed by atoms with Crippen molar-refractivity contribution in [2.45, 2.75) is 45.7 Å². The highest BCUT2D eigenvalue weighted by Crippen LogP contribution is 2.20. The molecule has 0 N–H and O–H groups in total. The van der Waals surface area contributed by atoms with E-state index < -0.39 is 0 Å². The summed E-state index contributed by atoms with van der Waals surface area (Å²) in [4.78, 5) is 13.7. The maximum absolute atomic E-state index is 11.2. The molecule has 4 heteroatoms. The molecule has 1 aliphatic rings. The molecule has 1 aliphatic heterocycles. The zero-order valence-corrected chi connectivity index (χ0v) is 11.4. The van der Waals surface area contributed by atoms with Gasteiger partial charge in [-0.25, -0.2) is 0 Å². The van der Waals surface area contributed by atoms with Gasteiger partial charge >= 0.3 is 5.97 Å². The van der Waals surface area contributed by atoms with Gasteiger partial charge in [-0.05, 0) is 40.2 Å². The quantitative estimate of drug-likeness (QED) is 0.665. The van der Waals surface area contributed by atoms with E-state index in [1.54, 1.807) is 0 Å². The summed E-state index contributed by atoms with van der Waals surface area (Å²) in [7, 11) is 1.41. The summed E-state index contributed by atoms with van der Waals surface area (Å²) < 4.78 is 10.3. The average Bonchev–Trinajstić information content (AvgIpc) is 2.76. The van der Waals surface area contributed by atoms with Crippen molar-refractivity contribution < 1.29 is 14.3 Å². The van der Waals surface area contributed by atoms with Crippen LogP contribution in [0.25, 0.3) is 0 Å². The van der Waals surface area contributed by atoms with Crippen LogP contribution in [0.2, 0.25) is 0 Å². The lowest BCUT2D eigenvalue weighted by Gasteiger charge is -2.28. The van der Waals surface area contributed by atoms with Crippen LogP contribution in [-0.2, 0) is 14.3 Å². The third-order valence-electron chi connectivity index (χ3n) is 3.37. The maximum Gasteiger partial charge on any atom is 0.310 e. The molecular weight excluding hydrogens is 218 g/mol. The van der Waals surface area contributed by atoms with E-state index in [9.17, 15) is 4.79 Å². The Kier molecular flexibility index (Phi) is 5.92. The molecule has 1 saturated heterocycles. The largest absolute Gasteiger partial charge is 0.469 e. The number of hydrogen-bond donors (Lipinski definition) is 0. The second-order valence-electron chi connectivity index (χ2n) is 5.09. The Hall–Kier alpha value is -0.610. The first-order valence-electron chi connectivity index (χ1n) is 6.47. The van der Waals surface area contributed by atoms with Crippen molar-refractivity contribution in [3.63, 3.8) is 0 Å². The van der Waals surface area contributed by atoms with Crippen LogP contribution in [0, 0.1) is 5.92 Å². The smallest absolute Gasteiger partial charge is 0.310 e.